The van der Waals surface area contributed by atoms with E-state index < -0.39 is 11.9 Å². The third kappa shape index (κ3) is 3.06. The second-order valence-electron chi connectivity index (χ2n) is 8.19. The standard InChI is InChI=1S/C23H17ClFN5O4/c1-11-16(24)4-12(6-26-11)14-5-19-22(30-10-27-28-21(14)30)29(23(31)32)7-15-17(25)2-3-18-20(15)13(8-33-18)9-34-19/h2-6,10,13H,7-9H2,1H3,(H,31,32)/t13-/m0/s1. The van der Waals surface area contributed by atoms with Crippen molar-refractivity contribution in [3.63, 3.8) is 0 Å². The number of pyridine rings is 2. The van der Waals surface area contributed by atoms with E-state index in [2.05, 4.69) is 15.2 Å². The molecule has 1 amide bonds. The average molecular weight is 482 g/mol. The van der Waals surface area contributed by atoms with E-state index in [1.807, 2.05) is 0 Å². The van der Waals surface area contributed by atoms with E-state index >= 15 is 0 Å². The molecule has 0 saturated heterocycles. The van der Waals surface area contributed by atoms with Gasteiger partial charge in [0.05, 0.1) is 36.4 Å². The highest BCUT2D eigenvalue weighted by Gasteiger charge is 2.35. The monoisotopic (exact) mass is 481 g/mol. The largest absolute Gasteiger partial charge is 0.493 e. The average Bonchev–Trinajstić information content (AvgIpc) is 3.46. The highest BCUT2D eigenvalue weighted by Crippen LogP contribution is 2.43. The summed E-state index contributed by atoms with van der Waals surface area (Å²) < 4.78 is 28.4. The van der Waals surface area contributed by atoms with Crippen LogP contribution in [0.3, 0.4) is 0 Å². The van der Waals surface area contributed by atoms with Gasteiger partial charge in [-0.3, -0.25) is 14.3 Å². The predicted molar refractivity (Wildman–Crippen MR) is 120 cm³/mol. The first kappa shape index (κ1) is 20.7. The Hall–Kier alpha value is -3.92. The lowest BCUT2D eigenvalue weighted by molar-refractivity contribution is 0.200. The summed E-state index contributed by atoms with van der Waals surface area (Å²) in [5, 5.41) is 18.8. The molecule has 11 heteroatoms. The van der Waals surface area contributed by atoms with Gasteiger partial charge in [-0.25, -0.2) is 9.18 Å². The molecule has 0 spiro atoms. The fourth-order valence-electron chi connectivity index (χ4n) is 4.53. The van der Waals surface area contributed by atoms with Crippen LogP contribution < -0.4 is 14.4 Å². The van der Waals surface area contributed by atoms with E-state index in [-0.39, 0.29) is 36.2 Å². The Labute approximate surface area is 197 Å². The molecule has 5 heterocycles. The van der Waals surface area contributed by atoms with Crippen molar-refractivity contribution in [2.75, 3.05) is 18.1 Å². The van der Waals surface area contributed by atoms with Crippen LogP contribution in [0.1, 0.15) is 22.7 Å². The maximum atomic E-state index is 15.0. The van der Waals surface area contributed by atoms with Crippen molar-refractivity contribution < 1.29 is 23.8 Å². The van der Waals surface area contributed by atoms with Gasteiger partial charge in [-0.1, -0.05) is 11.6 Å². The number of amides is 1. The van der Waals surface area contributed by atoms with Crippen molar-refractivity contribution in [1.29, 1.82) is 0 Å². The van der Waals surface area contributed by atoms with Crippen molar-refractivity contribution in [3.8, 4) is 22.6 Å². The molecule has 1 N–H and O–H groups in total. The second kappa shape index (κ2) is 7.56. The third-order valence-corrected chi connectivity index (χ3v) is 6.58. The van der Waals surface area contributed by atoms with Crippen LogP contribution in [0.4, 0.5) is 15.0 Å². The normalized spacial score (nSPS) is 16.7. The minimum atomic E-state index is -1.28. The summed E-state index contributed by atoms with van der Waals surface area (Å²) in [5.41, 5.74) is 3.24. The molecule has 1 aromatic carbocycles. The lowest BCUT2D eigenvalue weighted by atomic mass is 9.95. The summed E-state index contributed by atoms with van der Waals surface area (Å²) in [6.45, 7) is 2.05. The number of benzene rings is 1. The van der Waals surface area contributed by atoms with E-state index in [1.54, 1.807) is 31.3 Å². The maximum Gasteiger partial charge on any atom is 0.413 e. The van der Waals surface area contributed by atoms with Crippen LogP contribution in [0.5, 0.6) is 11.5 Å². The number of carbonyl (C=O) groups is 1. The van der Waals surface area contributed by atoms with Crippen LogP contribution in [-0.2, 0) is 6.54 Å². The van der Waals surface area contributed by atoms with Gasteiger partial charge in [0.1, 0.15) is 17.9 Å². The van der Waals surface area contributed by atoms with Gasteiger partial charge in [-0.2, -0.15) is 0 Å². The highest BCUT2D eigenvalue weighted by atomic mass is 35.5. The maximum absolute atomic E-state index is 15.0. The minimum absolute atomic E-state index is 0.171. The van der Waals surface area contributed by atoms with Gasteiger partial charge in [0.2, 0.25) is 0 Å². The SMILES string of the molecule is Cc1ncc(-c2cc3c(n4cnnc24)N(C(=O)O)Cc2c(F)ccc4c2[C@@H](CO4)CO3)cc1Cl. The molecule has 9 nitrogen and oxygen atoms in total. The van der Waals surface area contributed by atoms with Crippen LogP contribution in [0.15, 0.2) is 36.8 Å². The number of ether oxygens (including phenoxy) is 2. The predicted octanol–water partition coefficient (Wildman–Crippen LogP) is 4.45. The molecular formula is C23H17ClFN5O4. The summed E-state index contributed by atoms with van der Waals surface area (Å²) in [4.78, 5) is 17.8. The summed E-state index contributed by atoms with van der Waals surface area (Å²) in [7, 11) is 0. The van der Waals surface area contributed by atoms with Gasteiger partial charge < -0.3 is 14.6 Å². The zero-order valence-corrected chi connectivity index (χ0v) is 18.6. The van der Waals surface area contributed by atoms with Crippen LogP contribution in [0.25, 0.3) is 16.8 Å². The fourth-order valence-corrected chi connectivity index (χ4v) is 4.69. The molecule has 0 saturated carbocycles. The lowest BCUT2D eigenvalue weighted by Crippen LogP contribution is -2.31. The Morgan fingerprint density at radius 1 is 1.24 bits per heavy atom. The fraction of sp³-hybridized carbons (Fsp3) is 0.217. The van der Waals surface area contributed by atoms with E-state index in [1.165, 1.54) is 16.8 Å². The Morgan fingerprint density at radius 3 is 2.79 bits per heavy atom. The van der Waals surface area contributed by atoms with Crippen LogP contribution in [0, 0.1) is 12.7 Å². The summed E-state index contributed by atoms with van der Waals surface area (Å²) in [5.74, 6) is 0.249. The molecule has 2 aliphatic heterocycles. The van der Waals surface area contributed by atoms with Gasteiger partial charge in [0.15, 0.2) is 17.2 Å². The van der Waals surface area contributed by atoms with Crippen molar-refractivity contribution in [3.05, 3.63) is 64.5 Å². The minimum Gasteiger partial charge on any atom is -0.493 e. The Kier molecular flexibility index (Phi) is 4.59. The summed E-state index contributed by atoms with van der Waals surface area (Å²) in [6.07, 6.45) is 1.78. The van der Waals surface area contributed by atoms with E-state index in [4.69, 9.17) is 21.1 Å². The highest BCUT2D eigenvalue weighted by molar-refractivity contribution is 6.31. The van der Waals surface area contributed by atoms with Gasteiger partial charge in [-0.05, 0) is 31.2 Å². The number of fused-ring (bicyclic) bond motifs is 3. The molecule has 172 valence electrons. The first-order valence-corrected chi connectivity index (χ1v) is 10.9. The molecular weight excluding hydrogens is 465 g/mol. The van der Waals surface area contributed by atoms with E-state index in [0.29, 0.717) is 45.4 Å². The van der Waals surface area contributed by atoms with Crippen LogP contribution >= 0.6 is 11.6 Å². The van der Waals surface area contributed by atoms with Gasteiger partial charge in [-0.15, -0.1) is 10.2 Å². The van der Waals surface area contributed by atoms with Crippen molar-refractivity contribution >= 4 is 29.2 Å². The smallest absolute Gasteiger partial charge is 0.413 e. The molecule has 34 heavy (non-hydrogen) atoms. The number of anilines is 1. The molecule has 0 aliphatic carbocycles. The number of carboxylic acid groups (broad SMARTS) is 1. The molecule has 3 aromatic heterocycles. The van der Waals surface area contributed by atoms with Crippen molar-refractivity contribution in [2.45, 2.75) is 19.4 Å². The van der Waals surface area contributed by atoms with Gasteiger partial charge in [0, 0.05) is 28.5 Å². The number of hydrogen-bond donors (Lipinski definition) is 1. The van der Waals surface area contributed by atoms with E-state index in [9.17, 15) is 14.3 Å². The molecule has 0 radical (unpaired) electrons. The first-order chi connectivity index (χ1) is 16.4. The molecule has 0 bridgehead atoms. The van der Waals surface area contributed by atoms with Crippen LogP contribution in [-0.4, -0.2) is 44.0 Å². The molecule has 1 atom stereocenters. The third-order valence-electron chi connectivity index (χ3n) is 6.20. The molecule has 4 aromatic rings. The topological polar surface area (TPSA) is 102 Å². The van der Waals surface area contributed by atoms with Crippen molar-refractivity contribution in [1.82, 2.24) is 19.6 Å². The van der Waals surface area contributed by atoms with Gasteiger partial charge >= 0.3 is 6.09 Å². The summed E-state index contributed by atoms with van der Waals surface area (Å²) >= 11 is 6.30. The number of rotatable bonds is 1. The van der Waals surface area contributed by atoms with Crippen molar-refractivity contribution in [2.24, 2.45) is 0 Å². The number of hydrogen-bond acceptors (Lipinski definition) is 6. The quantitative estimate of drug-likeness (QED) is 0.428. The summed E-state index contributed by atoms with van der Waals surface area (Å²) in [6, 6.07) is 6.31. The molecule has 6 rings (SSSR count). The van der Waals surface area contributed by atoms with Gasteiger partial charge in [0.25, 0.3) is 0 Å². The number of aromatic nitrogens is 4. The lowest BCUT2D eigenvalue weighted by Gasteiger charge is -2.24. The Bertz CT molecular complexity index is 1490. The molecule has 0 fully saturated rings. The zero-order chi connectivity index (χ0) is 23.6. The van der Waals surface area contributed by atoms with E-state index in [0.717, 1.165) is 4.90 Å². The second-order valence-corrected chi connectivity index (χ2v) is 8.59. The number of halogens is 2. The molecule has 0 unspecified atom stereocenters. The first-order valence-electron chi connectivity index (χ1n) is 10.5. The zero-order valence-electron chi connectivity index (χ0n) is 17.8. The Balaban J connectivity index is 1.60. The number of nitrogens with zero attached hydrogens (tertiary/aromatic N) is 5. The number of aryl methyl sites for hydroxylation is 1. The van der Waals surface area contributed by atoms with Crippen LogP contribution in [0.2, 0.25) is 5.02 Å². The molecule has 2 aliphatic rings. The Morgan fingerprint density at radius 2 is 2.03 bits per heavy atom.